The summed E-state index contributed by atoms with van der Waals surface area (Å²) in [4.78, 5) is 11.7. The van der Waals surface area contributed by atoms with Crippen LogP contribution in [0.3, 0.4) is 0 Å². The van der Waals surface area contributed by atoms with E-state index in [1.54, 1.807) is 13.8 Å². The predicted molar refractivity (Wildman–Crippen MR) is 64.5 cm³/mol. The van der Waals surface area contributed by atoms with Gasteiger partial charge in [0.1, 0.15) is 11.6 Å². The maximum absolute atomic E-state index is 13.5. The normalized spacial score (nSPS) is 14.1. The number of aliphatic hydroxyl groups excluding tert-OH is 1. The van der Waals surface area contributed by atoms with Gasteiger partial charge < -0.3 is 10.4 Å². The molecule has 0 radical (unpaired) electrons. The molecule has 100 valence electrons. The van der Waals surface area contributed by atoms with Gasteiger partial charge in [-0.05, 0) is 25.0 Å². The molecule has 0 aliphatic rings. The number of amides is 1. The summed E-state index contributed by atoms with van der Waals surface area (Å²) in [5.74, 6) is -2.67. The van der Waals surface area contributed by atoms with Crippen LogP contribution >= 0.6 is 11.6 Å². The predicted octanol–water partition coefficient (Wildman–Crippen LogP) is 2.36. The molecule has 0 saturated heterocycles. The van der Waals surface area contributed by atoms with Gasteiger partial charge in [0.15, 0.2) is 0 Å². The Labute approximate surface area is 109 Å². The van der Waals surface area contributed by atoms with E-state index in [1.165, 1.54) is 0 Å². The van der Waals surface area contributed by atoms with E-state index in [4.69, 9.17) is 16.7 Å². The van der Waals surface area contributed by atoms with Gasteiger partial charge in [0.05, 0.1) is 10.6 Å². The van der Waals surface area contributed by atoms with Gasteiger partial charge in [-0.3, -0.25) is 4.79 Å². The van der Waals surface area contributed by atoms with Crippen molar-refractivity contribution < 1.29 is 18.7 Å². The van der Waals surface area contributed by atoms with Gasteiger partial charge in [0, 0.05) is 12.6 Å². The van der Waals surface area contributed by atoms with Crippen molar-refractivity contribution >= 4 is 17.5 Å². The summed E-state index contributed by atoms with van der Waals surface area (Å²) in [6.07, 6.45) is 0. The van der Waals surface area contributed by atoms with E-state index in [0.717, 1.165) is 12.1 Å². The van der Waals surface area contributed by atoms with Gasteiger partial charge in [0.2, 0.25) is 0 Å². The van der Waals surface area contributed by atoms with Crippen LogP contribution in [0.25, 0.3) is 0 Å². The lowest BCUT2D eigenvalue weighted by atomic mass is 10.0. The van der Waals surface area contributed by atoms with E-state index in [1.807, 2.05) is 0 Å². The van der Waals surface area contributed by atoms with E-state index in [-0.39, 0.29) is 23.6 Å². The summed E-state index contributed by atoms with van der Waals surface area (Å²) in [7, 11) is 0. The van der Waals surface area contributed by atoms with Gasteiger partial charge in [-0.2, -0.15) is 0 Å². The zero-order valence-corrected chi connectivity index (χ0v) is 10.8. The molecule has 1 aromatic rings. The zero-order chi connectivity index (χ0) is 13.9. The van der Waals surface area contributed by atoms with Crippen LogP contribution < -0.4 is 5.32 Å². The molecular formula is C12H14ClF2NO2. The third-order valence-electron chi connectivity index (χ3n) is 2.75. The van der Waals surface area contributed by atoms with Crippen LogP contribution in [0, 0.1) is 17.6 Å². The summed E-state index contributed by atoms with van der Waals surface area (Å²) < 4.78 is 26.6. The van der Waals surface area contributed by atoms with Gasteiger partial charge in [-0.1, -0.05) is 18.5 Å². The van der Waals surface area contributed by atoms with Crippen molar-refractivity contribution in [3.63, 3.8) is 0 Å². The van der Waals surface area contributed by atoms with Crippen molar-refractivity contribution in [3.05, 3.63) is 34.4 Å². The molecule has 2 N–H and O–H groups in total. The second kappa shape index (κ2) is 6.11. The summed E-state index contributed by atoms with van der Waals surface area (Å²) in [6.45, 7) is 3.28. The molecule has 0 aliphatic carbocycles. The van der Waals surface area contributed by atoms with Crippen molar-refractivity contribution in [2.24, 2.45) is 5.92 Å². The Bertz CT molecular complexity index is 454. The molecule has 1 aromatic carbocycles. The highest BCUT2D eigenvalue weighted by Gasteiger charge is 2.19. The lowest BCUT2D eigenvalue weighted by Gasteiger charge is -2.19. The van der Waals surface area contributed by atoms with Crippen LogP contribution in [0.4, 0.5) is 8.78 Å². The topological polar surface area (TPSA) is 49.3 Å². The fourth-order valence-corrected chi connectivity index (χ4v) is 1.43. The highest BCUT2D eigenvalue weighted by Crippen LogP contribution is 2.19. The molecule has 0 fully saturated rings. The van der Waals surface area contributed by atoms with E-state index < -0.39 is 23.1 Å². The highest BCUT2D eigenvalue weighted by molar-refractivity contribution is 6.30. The third-order valence-corrected chi connectivity index (χ3v) is 3.04. The van der Waals surface area contributed by atoms with Crippen molar-refractivity contribution in [1.82, 2.24) is 5.32 Å². The van der Waals surface area contributed by atoms with Crippen LogP contribution in [0.1, 0.15) is 24.2 Å². The molecule has 2 unspecified atom stereocenters. The lowest BCUT2D eigenvalue weighted by Crippen LogP contribution is -2.38. The average molecular weight is 278 g/mol. The Balaban J connectivity index is 2.88. The van der Waals surface area contributed by atoms with E-state index in [2.05, 4.69) is 5.32 Å². The Hall–Kier alpha value is -1.20. The van der Waals surface area contributed by atoms with E-state index in [9.17, 15) is 13.6 Å². The minimum atomic E-state index is -0.886. The van der Waals surface area contributed by atoms with Crippen molar-refractivity contribution in [2.45, 2.75) is 19.9 Å². The number of benzene rings is 1. The van der Waals surface area contributed by atoms with Crippen LogP contribution in [0.15, 0.2) is 12.1 Å². The monoisotopic (exact) mass is 277 g/mol. The molecule has 6 heteroatoms. The largest absolute Gasteiger partial charge is 0.396 e. The second-order valence-corrected chi connectivity index (χ2v) is 4.58. The fourth-order valence-electron chi connectivity index (χ4n) is 1.28. The smallest absolute Gasteiger partial charge is 0.254 e. The lowest BCUT2D eigenvalue weighted by molar-refractivity contribution is 0.0911. The van der Waals surface area contributed by atoms with Crippen LogP contribution in [-0.4, -0.2) is 23.7 Å². The second-order valence-electron chi connectivity index (χ2n) is 4.17. The van der Waals surface area contributed by atoms with Crippen LogP contribution in [-0.2, 0) is 0 Å². The molecule has 18 heavy (non-hydrogen) atoms. The fraction of sp³-hybridized carbons (Fsp3) is 0.417. The number of hydrogen-bond donors (Lipinski definition) is 2. The minimum Gasteiger partial charge on any atom is -0.396 e. The standard InChI is InChI=1S/C12H14ClF2NO2/c1-6(5-17)7(2)16-12(18)8-3-11(15)9(13)4-10(8)14/h3-4,6-7,17H,5H2,1-2H3,(H,16,18). The number of aliphatic hydroxyl groups is 1. The van der Waals surface area contributed by atoms with Gasteiger partial charge in [0.25, 0.3) is 5.91 Å². The maximum atomic E-state index is 13.5. The first kappa shape index (κ1) is 14.9. The highest BCUT2D eigenvalue weighted by atomic mass is 35.5. The molecule has 2 atom stereocenters. The number of carbonyl (C=O) groups is 1. The molecule has 0 bridgehead atoms. The molecule has 0 saturated carbocycles. The van der Waals surface area contributed by atoms with Crippen molar-refractivity contribution in [2.75, 3.05) is 6.61 Å². The number of carbonyl (C=O) groups excluding carboxylic acids is 1. The SMILES string of the molecule is CC(CO)C(C)NC(=O)c1cc(F)c(Cl)cc1F. The first-order valence-electron chi connectivity index (χ1n) is 5.43. The minimum absolute atomic E-state index is 0.112. The average Bonchev–Trinajstić information content (AvgIpc) is 2.32. The Morgan fingerprint density at radius 2 is 2.00 bits per heavy atom. The Morgan fingerprint density at radius 3 is 2.56 bits per heavy atom. The molecule has 0 heterocycles. The molecule has 0 spiro atoms. The molecule has 0 aliphatic heterocycles. The van der Waals surface area contributed by atoms with E-state index >= 15 is 0 Å². The number of nitrogens with one attached hydrogen (secondary N) is 1. The maximum Gasteiger partial charge on any atom is 0.254 e. The number of rotatable bonds is 4. The van der Waals surface area contributed by atoms with Gasteiger partial charge in [-0.15, -0.1) is 0 Å². The summed E-state index contributed by atoms with van der Waals surface area (Å²) in [5.41, 5.74) is -0.408. The molecule has 1 rings (SSSR count). The first-order chi connectivity index (χ1) is 8.36. The zero-order valence-electron chi connectivity index (χ0n) is 10.0. The summed E-state index contributed by atoms with van der Waals surface area (Å²) in [6, 6.07) is 1.15. The number of halogens is 3. The van der Waals surface area contributed by atoms with Crippen molar-refractivity contribution in [3.8, 4) is 0 Å². The Kier molecular flexibility index (Phi) is 5.04. The molecule has 0 aromatic heterocycles. The summed E-state index contributed by atoms with van der Waals surface area (Å²) in [5, 5.41) is 11.0. The van der Waals surface area contributed by atoms with E-state index in [0.29, 0.717) is 0 Å². The van der Waals surface area contributed by atoms with Crippen LogP contribution in [0.5, 0.6) is 0 Å². The van der Waals surface area contributed by atoms with Gasteiger partial charge in [-0.25, -0.2) is 8.78 Å². The molecule has 1 amide bonds. The summed E-state index contributed by atoms with van der Waals surface area (Å²) >= 11 is 5.39. The molecule has 3 nitrogen and oxygen atoms in total. The Morgan fingerprint density at radius 1 is 1.39 bits per heavy atom. The van der Waals surface area contributed by atoms with Gasteiger partial charge >= 0.3 is 0 Å². The number of hydrogen-bond acceptors (Lipinski definition) is 2. The van der Waals surface area contributed by atoms with Crippen molar-refractivity contribution in [1.29, 1.82) is 0 Å². The third kappa shape index (κ3) is 3.40. The molecular weight excluding hydrogens is 264 g/mol. The van der Waals surface area contributed by atoms with Crippen LogP contribution in [0.2, 0.25) is 5.02 Å². The first-order valence-corrected chi connectivity index (χ1v) is 5.80. The quantitative estimate of drug-likeness (QED) is 0.830.